The van der Waals surface area contributed by atoms with Gasteiger partial charge in [-0.1, -0.05) is 6.92 Å². The molecule has 0 fully saturated rings. The van der Waals surface area contributed by atoms with Gasteiger partial charge in [-0.25, -0.2) is 15.0 Å². The molecule has 0 aliphatic carbocycles. The van der Waals surface area contributed by atoms with E-state index in [1.807, 2.05) is 4.57 Å². The quantitative estimate of drug-likeness (QED) is 0.757. The standard InChI is InChI=1S/C10H15N5O/c1-2-4-16-5-3-15-7-14-8-9(11)12-6-13-10(8)15/h6-7H,2-5H2,1H3,(H2,11,12,13). The van der Waals surface area contributed by atoms with Crippen molar-refractivity contribution in [1.29, 1.82) is 0 Å². The molecule has 0 atom stereocenters. The molecule has 86 valence electrons. The zero-order valence-electron chi connectivity index (χ0n) is 9.26. The van der Waals surface area contributed by atoms with E-state index in [2.05, 4.69) is 21.9 Å². The van der Waals surface area contributed by atoms with E-state index in [0.29, 0.717) is 17.9 Å². The zero-order valence-corrected chi connectivity index (χ0v) is 9.26. The predicted molar refractivity (Wildman–Crippen MR) is 60.8 cm³/mol. The predicted octanol–water partition coefficient (Wildman–Crippen LogP) is 0.835. The summed E-state index contributed by atoms with van der Waals surface area (Å²) in [6.07, 6.45) is 4.19. The number of nitrogen functional groups attached to an aromatic ring is 1. The van der Waals surface area contributed by atoms with Gasteiger partial charge in [0.25, 0.3) is 0 Å². The van der Waals surface area contributed by atoms with Crippen LogP contribution in [0.25, 0.3) is 11.2 Å². The molecule has 0 aromatic carbocycles. The highest BCUT2D eigenvalue weighted by Gasteiger charge is 2.06. The maximum Gasteiger partial charge on any atom is 0.165 e. The number of ether oxygens (including phenoxy) is 1. The molecule has 0 saturated carbocycles. The molecule has 0 bridgehead atoms. The van der Waals surface area contributed by atoms with Crippen LogP contribution in [0.1, 0.15) is 13.3 Å². The molecule has 0 radical (unpaired) electrons. The van der Waals surface area contributed by atoms with Crippen LogP contribution in [0.4, 0.5) is 5.82 Å². The molecule has 2 aromatic heterocycles. The molecule has 0 amide bonds. The van der Waals surface area contributed by atoms with Gasteiger partial charge in [0.05, 0.1) is 12.9 Å². The minimum absolute atomic E-state index is 0.415. The van der Waals surface area contributed by atoms with Crippen LogP contribution in [0.15, 0.2) is 12.7 Å². The van der Waals surface area contributed by atoms with E-state index in [0.717, 1.165) is 25.2 Å². The third kappa shape index (κ3) is 2.11. The molecule has 0 aliphatic rings. The van der Waals surface area contributed by atoms with Crippen molar-refractivity contribution in [3.8, 4) is 0 Å². The Labute approximate surface area is 93.5 Å². The summed E-state index contributed by atoms with van der Waals surface area (Å²) in [7, 11) is 0. The molecule has 2 heterocycles. The average molecular weight is 221 g/mol. The summed E-state index contributed by atoms with van der Waals surface area (Å²) >= 11 is 0. The lowest BCUT2D eigenvalue weighted by molar-refractivity contribution is 0.127. The van der Waals surface area contributed by atoms with Crippen LogP contribution in [0.5, 0.6) is 0 Å². The number of fused-ring (bicyclic) bond motifs is 1. The smallest absolute Gasteiger partial charge is 0.165 e. The lowest BCUT2D eigenvalue weighted by Crippen LogP contribution is -2.06. The topological polar surface area (TPSA) is 78.9 Å². The largest absolute Gasteiger partial charge is 0.382 e. The maximum atomic E-state index is 5.69. The SMILES string of the molecule is CCCOCCn1cnc2c(N)ncnc21. The van der Waals surface area contributed by atoms with Gasteiger partial charge in [-0.05, 0) is 6.42 Å². The number of hydrogen-bond donors (Lipinski definition) is 1. The van der Waals surface area contributed by atoms with Crippen molar-refractivity contribution in [3.63, 3.8) is 0 Å². The summed E-state index contributed by atoms with van der Waals surface area (Å²) in [5.74, 6) is 0.415. The second-order valence-corrected chi connectivity index (χ2v) is 3.48. The minimum atomic E-state index is 0.415. The Bertz CT molecular complexity index is 467. The zero-order chi connectivity index (χ0) is 11.4. The van der Waals surface area contributed by atoms with Crippen molar-refractivity contribution in [3.05, 3.63) is 12.7 Å². The molecular weight excluding hydrogens is 206 g/mol. The Morgan fingerprint density at radius 1 is 1.31 bits per heavy atom. The molecule has 0 spiro atoms. The number of nitrogens with two attached hydrogens (primary N) is 1. The van der Waals surface area contributed by atoms with Crippen molar-refractivity contribution in [2.24, 2.45) is 0 Å². The fraction of sp³-hybridized carbons (Fsp3) is 0.500. The normalized spacial score (nSPS) is 11.1. The molecular formula is C10H15N5O. The number of nitrogens with zero attached hydrogens (tertiary/aromatic N) is 4. The minimum Gasteiger partial charge on any atom is -0.382 e. The molecule has 2 aromatic rings. The van der Waals surface area contributed by atoms with E-state index < -0.39 is 0 Å². The highest BCUT2D eigenvalue weighted by atomic mass is 16.5. The Balaban J connectivity index is 2.10. The maximum absolute atomic E-state index is 5.69. The molecule has 6 heteroatoms. The van der Waals surface area contributed by atoms with Gasteiger partial charge in [0.2, 0.25) is 0 Å². The monoisotopic (exact) mass is 221 g/mol. The Kier molecular flexibility index (Phi) is 3.31. The highest BCUT2D eigenvalue weighted by molar-refractivity contribution is 5.80. The van der Waals surface area contributed by atoms with Gasteiger partial charge in [-0.15, -0.1) is 0 Å². The van der Waals surface area contributed by atoms with Crippen LogP contribution in [-0.4, -0.2) is 32.7 Å². The lowest BCUT2D eigenvalue weighted by Gasteiger charge is -2.04. The van der Waals surface area contributed by atoms with E-state index >= 15 is 0 Å². The molecule has 2 N–H and O–H groups in total. The Morgan fingerprint density at radius 3 is 3.00 bits per heavy atom. The molecule has 0 saturated heterocycles. The number of anilines is 1. The number of aromatic nitrogens is 4. The van der Waals surface area contributed by atoms with Gasteiger partial charge in [-0.3, -0.25) is 0 Å². The average Bonchev–Trinajstić information content (AvgIpc) is 2.70. The summed E-state index contributed by atoms with van der Waals surface area (Å²) in [5.41, 5.74) is 7.10. The molecule has 16 heavy (non-hydrogen) atoms. The molecule has 0 aliphatic heterocycles. The lowest BCUT2D eigenvalue weighted by atomic mass is 10.5. The fourth-order valence-electron chi connectivity index (χ4n) is 1.47. The Hall–Kier alpha value is -1.69. The van der Waals surface area contributed by atoms with E-state index in [1.54, 1.807) is 6.33 Å². The molecule has 0 unspecified atom stereocenters. The summed E-state index contributed by atoms with van der Waals surface area (Å²) in [6.45, 7) is 4.25. The van der Waals surface area contributed by atoms with Crippen LogP contribution >= 0.6 is 0 Å². The summed E-state index contributed by atoms with van der Waals surface area (Å²) < 4.78 is 7.33. The molecule has 2 rings (SSSR count). The van der Waals surface area contributed by atoms with Gasteiger partial charge in [0, 0.05) is 13.2 Å². The second-order valence-electron chi connectivity index (χ2n) is 3.48. The van der Waals surface area contributed by atoms with Crippen molar-refractivity contribution in [1.82, 2.24) is 19.5 Å². The second kappa shape index (κ2) is 4.89. The van der Waals surface area contributed by atoms with E-state index in [-0.39, 0.29) is 0 Å². The summed E-state index contributed by atoms with van der Waals surface area (Å²) in [6, 6.07) is 0. The third-order valence-electron chi connectivity index (χ3n) is 2.25. The van der Waals surface area contributed by atoms with Crippen LogP contribution in [0.2, 0.25) is 0 Å². The van der Waals surface area contributed by atoms with Crippen molar-refractivity contribution < 1.29 is 4.74 Å². The van der Waals surface area contributed by atoms with Crippen LogP contribution in [-0.2, 0) is 11.3 Å². The van der Waals surface area contributed by atoms with Gasteiger partial charge in [0.1, 0.15) is 11.8 Å². The first-order valence-corrected chi connectivity index (χ1v) is 5.32. The van der Waals surface area contributed by atoms with Crippen LogP contribution in [0, 0.1) is 0 Å². The first-order valence-electron chi connectivity index (χ1n) is 5.32. The van der Waals surface area contributed by atoms with Crippen molar-refractivity contribution in [2.75, 3.05) is 18.9 Å². The van der Waals surface area contributed by atoms with Crippen molar-refractivity contribution in [2.45, 2.75) is 19.9 Å². The third-order valence-corrected chi connectivity index (χ3v) is 2.25. The first kappa shape index (κ1) is 10.8. The van der Waals surface area contributed by atoms with Gasteiger partial charge >= 0.3 is 0 Å². The number of rotatable bonds is 5. The summed E-state index contributed by atoms with van der Waals surface area (Å²) in [4.78, 5) is 12.2. The van der Waals surface area contributed by atoms with Crippen LogP contribution in [0.3, 0.4) is 0 Å². The van der Waals surface area contributed by atoms with E-state index in [1.165, 1.54) is 6.33 Å². The first-order chi connectivity index (χ1) is 7.83. The molecule has 6 nitrogen and oxygen atoms in total. The Morgan fingerprint density at radius 2 is 2.19 bits per heavy atom. The van der Waals surface area contributed by atoms with E-state index in [9.17, 15) is 0 Å². The van der Waals surface area contributed by atoms with Gasteiger partial charge in [0.15, 0.2) is 11.5 Å². The van der Waals surface area contributed by atoms with Gasteiger partial charge in [-0.2, -0.15) is 0 Å². The van der Waals surface area contributed by atoms with E-state index in [4.69, 9.17) is 10.5 Å². The number of hydrogen-bond acceptors (Lipinski definition) is 5. The van der Waals surface area contributed by atoms with Crippen molar-refractivity contribution >= 4 is 17.0 Å². The fourth-order valence-corrected chi connectivity index (χ4v) is 1.47. The number of imidazole rings is 1. The van der Waals surface area contributed by atoms with Crippen LogP contribution < -0.4 is 5.73 Å². The highest BCUT2D eigenvalue weighted by Crippen LogP contribution is 2.13. The summed E-state index contributed by atoms with van der Waals surface area (Å²) in [5, 5.41) is 0. The van der Waals surface area contributed by atoms with Gasteiger partial charge < -0.3 is 15.0 Å².